The van der Waals surface area contributed by atoms with Gasteiger partial charge in [0.15, 0.2) is 0 Å². The average molecular weight is 392 g/mol. The fourth-order valence-electron chi connectivity index (χ4n) is 7.50. The zero-order valence-corrected chi connectivity index (χ0v) is 17.7. The highest BCUT2D eigenvalue weighted by molar-refractivity contribution is 5.97. The fourth-order valence-corrected chi connectivity index (χ4v) is 7.50. The van der Waals surface area contributed by atoms with Crippen LogP contribution in [0.2, 0.25) is 0 Å². The molecule has 4 aliphatic rings. The van der Waals surface area contributed by atoms with Gasteiger partial charge in [0.2, 0.25) is 0 Å². The highest BCUT2D eigenvalue weighted by atomic mass is 16.2. The molecule has 0 radical (unpaired) electrons. The van der Waals surface area contributed by atoms with Gasteiger partial charge < -0.3 is 0 Å². The summed E-state index contributed by atoms with van der Waals surface area (Å²) in [7, 11) is 0. The number of pyridine rings is 1. The van der Waals surface area contributed by atoms with Crippen molar-refractivity contribution in [2.45, 2.75) is 65.2 Å². The summed E-state index contributed by atoms with van der Waals surface area (Å²) in [5, 5.41) is 4.68. The predicted octanol–water partition coefficient (Wildman–Crippen LogP) is 5.38. The summed E-state index contributed by atoms with van der Waals surface area (Å²) in [5.41, 5.74) is 5.32. The molecule has 4 aliphatic carbocycles. The lowest BCUT2D eigenvalue weighted by Crippen LogP contribution is -2.52. The monoisotopic (exact) mass is 391 g/mol. The molecule has 1 heterocycles. The molecule has 4 heteroatoms. The van der Waals surface area contributed by atoms with Crippen LogP contribution in [0, 0.1) is 34.5 Å². The normalized spacial score (nSPS) is 42.1. The first-order chi connectivity index (χ1) is 14.0. The number of hydrogen-bond donors (Lipinski definition) is 1. The van der Waals surface area contributed by atoms with E-state index in [2.05, 4.69) is 41.5 Å². The second kappa shape index (κ2) is 7.07. The van der Waals surface area contributed by atoms with Crippen LogP contribution in [0.4, 0.5) is 0 Å². The van der Waals surface area contributed by atoms with Crippen LogP contribution in [-0.4, -0.2) is 16.6 Å². The second-order valence-corrected chi connectivity index (χ2v) is 10.3. The Bertz CT molecular complexity index is 847. The van der Waals surface area contributed by atoms with Crippen LogP contribution in [0.15, 0.2) is 41.8 Å². The van der Waals surface area contributed by atoms with E-state index in [4.69, 9.17) is 0 Å². The van der Waals surface area contributed by atoms with Gasteiger partial charge in [-0.3, -0.25) is 9.78 Å². The molecule has 1 N–H and O–H groups in total. The second-order valence-electron chi connectivity index (χ2n) is 10.3. The predicted molar refractivity (Wildman–Crippen MR) is 115 cm³/mol. The van der Waals surface area contributed by atoms with Gasteiger partial charge >= 0.3 is 0 Å². The van der Waals surface area contributed by atoms with E-state index in [1.54, 1.807) is 24.5 Å². The molecular formula is C25H33N3O. The van der Waals surface area contributed by atoms with Crippen molar-refractivity contribution in [1.82, 2.24) is 10.4 Å². The van der Waals surface area contributed by atoms with E-state index in [0.717, 1.165) is 30.1 Å². The average Bonchev–Trinajstić information content (AvgIpc) is 3.08. The Morgan fingerprint density at radius 3 is 2.76 bits per heavy atom. The summed E-state index contributed by atoms with van der Waals surface area (Å²) in [6, 6.07) is 3.47. The van der Waals surface area contributed by atoms with Crippen molar-refractivity contribution in [1.29, 1.82) is 0 Å². The first-order valence-corrected chi connectivity index (χ1v) is 11.4. The maximum atomic E-state index is 12.4. The quantitative estimate of drug-likeness (QED) is 0.544. The third-order valence-electron chi connectivity index (χ3n) is 9.19. The fraction of sp³-hybridized carbons (Fsp3) is 0.640. The van der Waals surface area contributed by atoms with Crippen LogP contribution in [0.25, 0.3) is 0 Å². The minimum Gasteiger partial charge on any atom is -0.267 e. The number of hydrazone groups is 1. The van der Waals surface area contributed by atoms with E-state index in [0.29, 0.717) is 11.0 Å². The molecule has 154 valence electrons. The van der Waals surface area contributed by atoms with Gasteiger partial charge in [0.1, 0.15) is 0 Å². The van der Waals surface area contributed by atoms with Crippen LogP contribution in [0.3, 0.4) is 0 Å². The Morgan fingerprint density at radius 1 is 1.10 bits per heavy atom. The molecule has 0 aliphatic heterocycles. The lowest BCUT2D eigenvalue weighted by molar-refractivity contribution is -0.0761. The number of rotatable bonds is 2. The maximum absolute atomic E-state index is 12.4. The molecule has 5 rings (SSSR count). The third-order valence-corrected chi connectivity index (χ3v) is 9.19. The highest BCUT2D eigenvalue weighted by Crippen LogP contribution is 2.64. The molecule has 0 bridgehead atoms. The standard InChI is InChI=1S/C25H33N3O/c1-24-13-4-3-5-18(24)6-7-19-20-8-9-22(25(20,2)14-10-21(19)24)27-28-23(29)17-11-15-26-16-12-17/h3-4,11-12,15-16,18-21H,5-10,13-14H2,1-2H3,(H,28,29)/b27-22-/t18-,19-,20-,21-,24-,25-/m0/s1. The smallest absolute Gasteiger partial charge is 0.267 e. The Labute approximate surface area is 174 Å². The van der Waals surface area contributed by atoms with Crippen molar-refractivity contribution in [3.8, 4) is 0 Å². The van der Waals surface area contributed by atoms with Crippen molar-refractivity contribution in [3.05, 3.63) is 42.2 Å². The molecule has 1 amide bonds. The highest BCUT2D eigenvalue weighted by Gasteiger charge is 2.58. The van der Waals surface area contributed by atoms with Gasteiger partial charge in [-0.05, 0) is 92.6 Å². The van der Waals surface area contributed by atoms with Crippen LogP contribution in [0.5, 0.6) is 0 Å². The van der Waals surface area contributed by atoms with Crippen molar-refractivity contribution in [2.24, 2.45) is 39.6 Å². The molecule has 0 spiro atoms. The number of amides is 1. The number of allylic oxidation sites excluding steroid dienone is 2. The zero-order valence-electron chi connectivity index (χ0n) is 17.7. The Morgan fingerprint density at radius 2 is 1.93 bits per heavy atom. The van der Waals surface area contributed by atoms with Crippen LogP contribution >= 0.6 is 0 Å². The van der Waals surface area contributed by atoms with Crippen molar-refractivity contribution in [2.75, 3.05) is 0 Å². The van der Waals surface area contributed by atoms with Crippen LogP contribution < -0.4 is 5.43 Å². The molecule has 0 unspecified atom stereocenters. The lowest BCUT2D eigenvalue weighted by Gasteiger charge is -2.59. The number of carbonyl (C=O) groups excluding carboxylic acids is 1. The van der Waals surface area contributed by atoms with E-state index < -0.39 is 0 Å². The van der Waals surface area contributed by atoms with Gasteiger partial charge in [-0.1, -0.05) is 26.0 Å². The summed E-state index contributed by atoms with van der Waals surface area (Å²) in [5.74, 6) is 3.15. The van der Waals surface area contributed by atoms with E-state index in [-0.39, 0.29) is 11.3 Å². The maximum Gasteiger partial charge on any atom is 0.271 e. The molecule has 1 aromatic rings. The minimum absolute atomic E-state index is 0.136. The third kappa shape index (κ3) is 2.98. The molecule has 0 saturated heterocycles. The van der Waals surface area contributed by atoms with Crippen LogP contribution in [-0.2, 0) is 0 Å². The van der Waals surface area contributed by atoms with Crippen LogP contribution in [0.1, 0.15) is 75.6 Å². The topological polar surface area (TPSA) is 54.4 Å². The molecule has 6 atom stereocenters. The van der Waals surface area contributed by atoms with Crippen molar-refractivity contribution in [3.63, 3.8) is 0 Å². The van der Waals surface area contributed by atoms with Gasteiger partial charge in [-0.15, -0.1) is 0 Å². The molecular weight excluding hydrogens is 358 g/mol. The van der Waals surface area contributed by atoms with Crippen molar-refractivity contribution < 1.29 is 4.79 Å². The minimum atomic E-state index is -0.136. The number of aromatic nitrogens is 1. The molecule has 3 saturated carbocycles. The van der Waals surface area contributed by atoms with Gasteiger partial charge in [-0.2, -0.15) is 5.10 Å². The van der Waals surface area contributed by atoms with E-state index in [1.807, 2.05) is 0 Å². The summed E-state index contributed by atoms with van der Waals surface area (Å²) >= 11 is 0. The Hall–Kier alpha value is -1.97. The van der Waals surface area contributed by atoms with Crippen molar-refractivity contribution >= 4 is 11.6 Å². The number of hydrogen-bond acceptors (Lipinski definition) is 3. The summed E-state index contributed by atoms with van der Waals surface area (Å²) < 4.78 is 0. The largest absolute Gasteiger partial charge is 0.271 e. The number of nitrogens with zero attached hydrogens (tertiary/aromatic N) is 2. The molecule has 0 aromatic carbocycles. The number of fused-ring (bicyclic) bond motifs is 5. The lowest BCUT2D eigenvalue weighted by atomic mass is 9.46. The van der Waals surface area contributed by atoms with E-state index in [1.165, 1.54) is 50.7 Å². The zero-order chi connectivity index (χ0) is 20.1. The first-order valence-electron chi connectivity index (χ1n) is 11.4. The Kier molecular flexibility index (Phi) is 4.64. The molecule has 4 nitrogen and oxygen atoms in total. The molecule has 1 aromatic heterocycles. The Balaban J connectivity index is 1.35. The summed E-state index contributed by atoms with van der Waals surface area (Å²) in [6.07, 6.45) is 18.3. The molecule has 29 heavy (non-hydrogen) atoms. The summed E-state index contributed by atoms with van der Waals surface area (Å²) in [6.45, 7) is 5.01. The van der Waals surface area contributed by atoms with Gasteiger partial charge in [0.05, 0.1) is 0 Å². The van der Waals surface area contributed by atoms with Gasteiger partial charge in [0, 0.05) is 29.1 Å². The SMILES string of the molecule is C[C@]12CC=CC[C@H]1CC[C@@H]1[C@@H]2CC[C@]2(C)/C(=N\NC(=O)c3ccncc3)CC[C@@H]12. The number of carbonyl (C=O) groups is 1. The van der Waals surface area contributed by atoms with E-state index in [9.17, 15) is 4.79 Å². The van der Waals surface area contributed by atoms with E-state index >= 15 is 0 Å². The molecule has 3 fully saturated rings. The first kappa shape index (κ1) is 19.0. The summed E-state index contributed by atoms with van der Waals surface area (Å²) in [4.78, 5) is 16.4. The van der Waals surface area contributed by atoms with Gasteiger partial charge in [0.25, 0.3) is 5.91 Å². The number of nitrogens with one attached hydrogen (secondary N) is 1. The van der Waals surface area contributed by atoms with Gasteiger partial charge in [-0.25, -0.2) is 5.43 Å².